The molecular weight excluding hydrogens is 260 g/mol. The summed E-state index contributed by atoms with van der Waals surface area (Å²) in [5, 5.41) is 18.5. The third kappa shape index (κ3) is 2.31. The van der Waals surface area contributed by atoms with Gasteiger partial charge in [-0.1, -0.05) is 36.9 Å². The molecule has 5 heteroatoms. The number of aliphatic hydroxyl groups is 1. The molecule has 0 saturated carbocycles. The summed E-state index contributed by atoms with van der Waals surface area (Å²) in [6.45, 7) is 3.58. The molecule has 20 heavy (non-hydrogen) atoms. The van der Waals surface area contributed by atoms with Crippen molar-refractivity contribution in [1.82, 2.24) is 0 Å². The summed E-state index contributed by atoms with van der Waals surface area (Å²) in [7, 11) is 0. The van der Waals surface area contributed by atoms with E-state index < -0.39 is 29.6 Å². The number of hydrogen-bond donors (Lipinski definition) is 2. The molecular formula is C15H12O5. The highest BCUT2D eigenvalue weighted by Crippen LogP contribution is 2.30. The zero-order chi connectivity index (χ0) is 14.9. The molecule has 1 aliphatic rings. The van der Waals surface area contributed by atoms with Crippen LogP contribution in [0.15, 0.2) is 48.6 Å². The monoisotopic (exact) mass is 272 g/mol. The first-order chi connectivity index (χ1) is 9.43. The largest absolute Gasteiger partial charge is 0.478 e. The smallest absolute Gasteiger partial charge is 0.328 e. The molecule has 0 amide bonds. The second-order valence-electron chi connectivity index (χ2n) is 4.44. The summed E-state index contributed by atoms with van der Waals surface area (Å²) in [6.07, 6.45) is 0.395. The minimum atomic E-state index is -1.54. The first-order valence-corrected chi connectivity index (χ1v) is 5.89. The van der Waals surface area contributed by atoms with Gasteiger partial charge >= 0.3 is 5.97 Å². The number of aliphatic carboxylic acids is 1. The highest BCUT2D eigenvalue weighted by molar-refractivity contribution is 6.18. The molecule has 0 saturated heterocycles. The van der Waals surface area contributed by atoms with Gasteiger partial charge in [0.15, 0.2) is 11.6 Å². The summed E-state index contributed by atoms with van der Waals surface area (Å²) in [4.78, 5) is 34.8. The third-order valence-corrected chi connectivity index (χ3v) is 3.16. The quantitative estimate of drug-likeness (QED) is 0.638. The van der Waals surface area contributed by atoms with Crippen LogP contribution >= 0.6 is 0 Å². The van der Waals surface area contributed by atoms with Crippen LogP contribution in [0.5, 0.6) is 0 Å². The fourth-order valence-electron chi connectivity index (χ4n) is 2.19. The van der Waals surface area contributed by atoms with Crippen LogP contribution in [0, 0.1) is 5.92 Å². The number of ketones is 2. The summed E-state index contributed by atoms with van der Waals surface area (Å²) in [5.74, 6) is -3.34. The Kier molecular flexibility index (Phi) is 3.63. The van der Waals surface area contributed by atoms with Gasteiger partial charge in [0.05, 0.1) is 5.92 Å². The zero-order valence-corrected chi connectivity index (χ0v) is 10.4. The van der Waals surface area contributed by atoms with Crippen molar-refractivity contribution >= 4 is 17.5 Å². The molecule has 2 rings (SSSR count). The van der Waals surface area contributed by atoms with Crippen LogP contribution in [-0.4, -0.2) is 33.9 Å². The van der Waals surface area contributed by atoms with Crippen molar-refractivity contribution in [2.24, 2.45) is 5.92 Å². The van der Waals surface area contributed by atoms with E-state index in [0.29, 0.717) is 0 Å². The highest BCUT2D eigenvalue weighted by Gasteiger charge is 2.41. The predicted molar refractivity (Wildman–Crippen MR) is 70.5 cm³/mol. The van der Waals surface area contributed by atoms with Crippen molar-refractivity contribution in [2.45, 2.75) is 6.10 Å². The molecule has 0 bridgehead atoms. The van der Waals surface area contributed by atoms with Gasteiger partial charge in [-0.25, -0.2) is 4.79 Å². The number of rotatable bonds is 3. The predicted octanol–water partition coefficient (Wildman–Crippen LogP) is 1.24. The minimum absolute atomic E-state index is 0.0905. The normalized spacial score (nSPS) is 21.9. The van der Waals surface area contributed by atoms with Crippen molar-refractivity contribution in [1.29, 1.82) is 0 Å². The molecule has 2 atom stereocenters. The maximum atomic E-state index is 12.3. The molecule has 1 aromatic rings. The number of Topliss-reactive ketones (excluding diaryl/α,β-unsaturated/α-hetero) is 2. The second-order valence-corrected chi connectivity index (χ2v) is 4.44. The standard InChI is InChI=1S/C15H12O5/c1-8(6-7-11(16)17)12-13(18)9-4-2-3-5-10(9)14(19)15(12)20/h2-7,12,15,20H,1H2,(H,16,17). The van der Waals surface area contributed by atoms with Gasteiger partial charge in [0.25, 0.3) is 0 Å². The Hall–Kier alpha value is -2.53. The number of aliphatic hydroxyl groups excluding tert-OH is 1. The number of hydrogen-bond acceptors (Lipinski definition) is 4. The number of carboxylic acid groups (broad SMARTS) is 1. The Balaban J connectivity index is 2.42. The van der Waals surface area contributed by atoms with Crippen molar-refractivity contribution in [3.63, 3.8) is 0 Å². The topological polar surface area (TPSA) is 91.7 Å². The Morgan fingerprint density at radius 1 is 1.10 bits per heavy atom. The molecule has 0 aromatic heterocycles. The van der Waals surface area contributed by atoms with E-state index in [1.165, 1.54) is 12.1 Å². The number of benzene rings is 1. The molecule has 2 N–H and O–H groups in total. The molecule has 0 fully saturated rings. The number of carbonyl (C=O) groups excluding carboxylic acids is 2. The van der Waals surface area contributed by atoms with Crippen molar-refractivity contribution in [3.8, 4) is 0 Å². The van der Waals surface area contributed by atoms with E-state index in [-0.39, 0.29) is 16.7 Å². The van der Waals surface area contributed by atoms with Crippen LogP contribution in [0.25, 0.3) is 0 Å². The minimum Gasteiger partial charge on any atom is -0.478 e. The summed E-state index contributed by atoms with van der Waals surface area (Å²) >= 11 is 0. The van der Waals surface area contributed by atoms with Gasteiger partial charge < -0.3 is 10.2 Å². The van der Waals surface area contributed by atoms with Crippen LogP contribution in [0.1, 0.15) is 20.7 Å². The van der Waals surface area contributed by atoms with E-state index in [4.69, 9.17) is 5.11 Å². The van der Waals surface area contributed by atoms with Crippen molar-refractivity contribution < 1.29 is 24.6 Å². The van der Waals surface area contributed by atoms with E-state index in [9.17, 15) is 19.5 Å². The van der Waals surface area contributed by atoms with E-state index in [1.54, 1.807) is 12.1 Å². The number of carbonyl (C=O) groups is 3. The molecule has 0 heterocycles. The van der Waals surface area contributed by atoms with Gasteiger partial charge in [0.1, 0.15) is 6.10 Å². The van der Waals surface area contributed by atoms with Gasteiger partial charge in [-0.2, -0.15) is 0 Å². The van der Waals surface area contributed by atoms with Gasteiger partial charge in [-0.15, -0.1) is 0 Å². The highest BCUT2D eigenvalue weighted by atomic mass is 16.4. The maximum Gasteiger partial charge on any atom is 0.328 e. The lowest BCUT2D eigenvalue weighted by molar-refractivity contribution is -0.131. The van der Waals surface area contributed by atoms with Gasteiger partial charge in [-0.3, -0.25) is 9.59 Å². The Morgan fingerprint density at radius 2 is 1.65 bits per heavy atom. The van der Waals surface area contributed by atoms with Crippen LogP contribution in [0.2, 0.25) is 0 Å². The summed E-state index contributed by atoms with van der Waals surface area (Å²) in [5.41, 5.74) is 0.488. The van der Waals surface area contributed by atoms with Crippen molar-refractivity contribution in [3.05, 3.63) is 59.7 Å². The molecule has 1 aliphatic carbocycles. The average molecular weight is 272 g/mol. The molecule has 0 radical (unpaired) electrons. The van der Waals surface area contributed by atoms with E-state index >= 15 is 0 Å². The molecule has 1 aromatic carbocycles. The van der Waals surface area contributed by atoms with Crippen LogP contribution in [0.3, 0.4) is 0 Å². The SMILES string of the molecule is C=C(C=CC(=O)O)C1C(=O)c2ccccc2C(=O)C1O. The summed E-state index contributed by atoms with van der Waals surface area (Å²) in [6, 6.07) is 6.21. The van der Waals surface area contributed by atoms with E-state index in [1.807, 2.05) is 0 Å². The first-order valence-electron chi connectivity index (χ1n) is 5.89. The van der Waals surface area contributed by atoms with Crippen molar-refractivity contribution in [2.75, 3.05) is 0 Å². The molecule has 102 valence electrons. The fourth-order valence-corrected chi connectivity index (χ4v) is 2.19. The fraction of sp³-hybridized carbons (Fsp3) is 0.133. The second kappa shape index (κ2) is 5.22. The lowest BCUT2D eigenvalue weighted by Gasteiger charge is -2.27. The Morgan fingerprint density at radius 3 is 2.20 bits per heavy atom. The van der Waals surface area contributed by atoms with Crippen LogP contribution in [-0.2, 0) is 4.79 Å². The Labute approximate surface area is 114 Å². The van der Waals surface area contributed by atoms with E-state index in [0.717, 1.165) is 12.2 Å². The third-order valence-electron chi connectivity index (χ3n) is 3.16. The number of carboxylic acids is 1. The van der Waals surface area contributed by atoms with Crippen LogP contribution < -0.4 is 0 Å². The number of allylic oxidation sites excluding steroid dienone is 1. The molecule has 0 aliphatic heterocycles. The molecule has 0 spiro atoms. The molecule has 2 unspecified atom stereocenters. The van der Waals surface area contributed by atoms with E-state index in [2.05, 4.69) is 6.58 Å². The lowest BCUT2D eigenvalue weighted by atomic mass is 9.76. The average Bonchev–Trinajstić information content (AvgIpc) is 2.43. The number of fused-ring (bicyclic) bond motifs is 1. The lowest BCUT2D eigenvalue weighted by Crippen LogP contribution is -2.41. The van der Waals surface area contributed by atoms with Gasteiger partial charge in [0.2, 0.25) is 0 Å². The van der Waals surface area contributed by atoms with Gasteiger partial charge in [-0.05, 0) is 5.57 Å². The van der Waals surface area contributed by atoms with Crippen LogP contribution in [0.4, 0.5) is 0 Å². The first kappa shape index (κ1) is 13.9. The zero-order valence-electron chi connectivity index (χ0n) is 10.4. The Bertz CT molecular complexity index is 641. The molecule has 5 nitrogen and oxygen atoms in total. The summed E-state index contributed by atoms with van der Waals surface area (Å²) < 4.78 is 0. The maximum absolute atomic E-state index is 12.3. The van der Waals surface area contributed by atoms with Gasteiger partial charge in [0, 0.05) is 17.2 Å².